The zero-order valence-electron chi connectivity index (χ0n) is 17.3. The van der Waals surface area contributed by atoms with Crippen LogP contribution in [0, 0.1) is 5.82 Å². The van der Waals surface area contributed by atoms with E-state index in [1.165, 1.54) is 12.1 Å². The highest BCUT2D eigenvalue weighted by Gasteiger charge is 2.13. The number of benzene rings is 2. The van der Waals surface area contributed by atoms with E-state index in [2.05, 4.69) is 32.5 Å². The summed E-state index contributed by atoms with van der Waals surface area (Å²) in [6.45, 7) is 3.30. The SMILES string of the molecule is CCCNc1nc(Cl)nc2c1ncn2Cc1ccc(C(=O)Nc2ccc(F)cc2N)cc1. The van der Waals surface area contributed by atoms with Gasteiger partial charge in [-0.05, 0) is 53.9 Å². The number of halogens is 2. The summed E-state index contributed by atoms with van der Waals surface area (Å²) < 4.78 is 15.1. The van der Waals surface area contributed by atoms with Crippen LogP contribution in [-0.4, -0.2) is 32.0 Å². The normalized spacial score (nSPS) is 11.0. The minimum atomic E-state index is -0.461. The molecule has 0 saturated heterocycles. The number of amides is 1. The summed E-state index contributed by atoms with van der Waals surface area (Å²) in [5.74, 6) is -0.196. The Morgan fingerprint density at radius 3 is 2.69 bits per heavy atom. The number of aromatic nitrogens is 4. The van der Waals surface area contributed by atoms with Gasteiger partial charge < -0.3 is 20.9 Å². The van der Waals surface area contributed by atoms with Gasteiger partial charge in [0.15, 0.2) is 17.0 Å². The average molecular weight is 454 g/mol. The molecule has 164 valence electrons. The second kappa shape index (κ2) is 9.19. The summed E-state index contributed by atoms with van der Waals surface area (Å²) in [5, 5.41) is 6.05. The van der Waals surface area contributed by atoms with E-state index in [0.717, 1.165) is 24.6 Å². The lowest BCUT2D eigenvalue weighted by Gasteiger charge is -2.09. The molecule has 0 atom stereocenters. The molecule has 0 bridgehead atoms. The van der Waals surface area contributed by atoms with E-state index < -0.39 is 5.82 Å². The van der Waals surface area contributed by atoms with Gasteiger partial charge >= 0.3 is 0 Å². The lowest BCUT2D eigenvalue weighted by molar-refractivity contribution is 0.102. The number of nitrogen functional groups attached to an aromatic ring is 1. The molecule has 8 nitrogen and oxygen atoms in total. The molecule has 0 spiro atoms. The number of nitrogens with two attached hydrogens (primary N) is 1. The predicted molar refractivity (Wildman–Crippen MR) is 123 cm³/mol. The molecular formula is C22H21ClFN7O. The van der Waals surface area contributed by atoms with E-state index >= 15 is 0 Å². The van der Waals surface area contributed by atoms with Gasteiger partial charge in [0.1, 0.15) is 5.82 Å². The highest BCUT2D eigenvalue weighted by Crippen LogP contribution is 2.23. The minimum absolute atomic E-state index is 0.143. The van der Waals surface area contributed by atoms with Gasteiger partial charge in [-0.1, -0.05) is 19.1 Å². The first-order valence-corrected chi connectivity index (χ1v) is 10.4. The van der Waals surface area contributed by atoms with Gasteiger partial charge in [0.05, 0.1) is 24.2 Å². The smallest absolute Gasteiger partial charge is 0.255 e. The maximum absolute atomic E-state index is 13.2. The maximum Gasteiger partial charge on any atom is 0.255 e. The van der Waals surface area contributed by atoms with Crippen LogP contribution in [0.2, 0.25) is 5.28 Å². The summed E-state index contributed by atoms with van der Waals surface area (Å²) in [6.07, 6.45) is 2.63. The lowest BCUT2D eigenvalue weighted by Crippen LogP contribution is -2.13. The van der Waals surface area contributed by atoms with Crippen LogP contribution in [0.3, 0.4) is 0 Å². The van der Waals surface area contributed by atoms with Crippen molar-refractivity contribution in [1.29, 1.82) is 0 Å². The molecule has 4 rings (SSSR count). The number of carbonyl (C=O) groups excluding carboxylic acids is 1. The fourth-order valence-corrected chi connectivity index (χ4v) is 3.36. The molecule has 0 unspecified atom stereocenters. The Labute approximate surface area is 188 Å². The van der Waals surface area contributed by atoms with Crippen LogP contribution in [-0.2, 0) is 6.54 Å². The Bertz CT molecular complexity index is 1270. The Kier molecular flexibility index (Phi) is 6.18. The molecule has 0 radical (unpaired) electrons. The van der Waals surface area contributed by atoms with Crippen molar-refractivity contribution in [1.82, 2.24) is 19.5 Å². The van der Waals surface area contributed by atoms with Crippen LogP contribution in [0.15, 0.2) is 48.8 Å². The Hall–Kier alpha value is -3.72. The van der Waals surface area contributed by atoms with E-state index in [1.54, 1.807) is 18.5 Å². The van der Waals surface area contributed by atoms with E-state index in [-0.39, 0.29) is 16.9 Å². The van der Waals surface area contributed by atoms with Crippen LogP contribution < -0.4 is 16.4 Å². The van der Waals surface area contributed by atoms with Crippen molar-refractivity contribution >= 4 is 45.9 Å². The fraction of sp³-hybridized carbons (Fsp3) is 0.182. The number of nitrogens with one attached hydrogen (secondary N) is 2. The lowest BCUT2D eigenvalue weighted by atomic mass is 10.1. The first-order chi connectivity index (χ1) is 15.4. The van der Waals surface area contributed by atoms with Crippen molar-refractivity contribution in [3.8, 4) is 0 Å². The molecule has 32 heavy (non-hydrogen) atoms. The highest BCUT2D eigenvalue weighted by molar-refractivity contribution is 6.28. The van der Waals surface area contributed by atoms with Crippen LogP contribution >= 0.6 is 11.6 Å². The van der Waals surface area contributed by atoms with Gasteiger partial charge in [-0.3, -0.25) is 4.79 Å². The van der Waals surface area contributed by atoms with Gasteiger partial charge in [0.2, 0.25) is 5.28 Å². The number of fused-ring (bicyclic) bond motifs is 1. The van der Waals surface area contributed by atoms with Gasteiger partial charge in [0.25, 0.3) is 5.91 Å². The van der Waals surface area contributed by atoms with E-state index in [1.807, 2.05) is 16.7 Å². The first kappa shape index (κ1) is 21.5. The molecule has 0 saturated carbocycles. The summed E-state index contributed by atoms with van der Waals surface area (Å²) in [7, 11) is 0. The van der Waals surface area contributed by atoms with E-state index in [9.17, 15) is 9.18 Å². The number of anilines is 3. The summed E-state index contributed by atoms with van der Waals surface area (Å²) in [6, 6.07) is 10.9. The monoisotopic (exact) mass is 453 g/mol. The Balaban J connectivity index is 1.51. The Morgan fingerprint density at radius 1 is 1.19 bits per heavy atom. The molecule has 4 aromatic rings. The number of hydrogen-bond donors (Lipinski definition) is 3. The summed E-state index contributed by atoms with van der Waals surface area (Å²) in [5.41, 5.74) is 8.94. The zero-order valence-corrected chi connectivity index (χ0v) is 18.0. The number of hydrogen-bond acceptors (Lipinski definition) is 6. The minimum Gasteiger partial charge on any atom is -0.397 e. The summed E-state index contributed by atoms with van der Waals surface area (Å²) >= 11 is 6.10. The first-order valence-electron chi connectivity index (χ1n) is 10.0. The van der Waals surface area contributed by atoms with Gasteiger partial charge in [-0.2, -0.15) is 9.97 Å². The average Bonchev–Trinajstić information content (AvgIpc) is 3.17. The molecule has 2 aromatic heterocycles. The molecule has 0 aliphatic heterocycles. The van der Waals surface area contributed by atoms with Gasteiger partial charge in [0, 0.05) is 12.1 Å². The quantitative estimate of drug-likeness (QED) is 0.284. The third-order valence-electron chi connectivity index (χ3n) is 4.81. The highest BCUT2D eigenvalue weighted by atomic mass is 35.5. The largest absolute Gasteiger partial charge is 0.397 e. The fourth-order valence-electron chi connectivity index (χ4n) is 3.20. The zero-order chi connectivity index (χ0) is 22.7. The molecule has 0 fully saturated rings. The van der Waals surface area contributed by atoms with Crippen molar-refractivity contribution in [2.24, 2.45) is 0 Å². The molecule has 4 N–H and O–H groups in total. The van der Waals surface area contributed by atoms with Crippen LogP contribution in [0.4, 0.5) is 21.6 Å². The van der Waals surface area contributed by atoms with Crippen LogP contribution in [0.25, 0.3) is 11.2 Å². The molecule has 2 aromatic carbocycles. The Morgan fingerprint density at radius 2 is 1.97 bits per heavy atom. The number of carbonyl (C=O) groups is 1. The summed E-state index contributed by atoms with van der Waals surface area (Å²) in [4.78, 5) is 25.5. The molecule has 1 amide bonds. The predicted octanol–water partition coefficient (Wildman–Crippen LogP) is 4.32. The van der Waals surface area contributed by atoms with Crippen LogP contribution in [0.1, 0.15) is 29.3 Å². The number of imidazole rings is 1. The van der Waals surface area contributed by atoms with Crippen molar-refractivity contribution in [3.05, 3.63) is 71.0 Å². The van der Waals surface area contributed by atoms with Crippen LogP contribution in [0.5, 0.6) is 0 Å². The second-order valence-corrected chi connectivity index (χ2v) is 7.53. The van der Waals surface area contributed by atoms with Crippen molar-refractivity contribution in [3.63, 3.8) is 0 Å². The van der Waals surface area contributed by atoms with Gasteiger partial charge in [-0.15, -0.1) is 0 Å². The van der Waals surface area contributed by atoms with E-state index in [0.29, 0.717) is 34.8 Å². The van der Waals surface area contributed by atoms with Crippen molar-refractivity contribution in [2.75, 3.05) is 22.9 Å². The number of nitrogens with zero attached hydrogens (tertiary/aromatic N) is 4. The van der Waals surface area contributed by atoms with Gasteiger partial charge in [-0.25, -0.2) is 9.37 Å². The topological polar surface area (TPSA) is 111 Å². The third kappa shape index (κ3) is 4.62. The van der Waals surface area contributed by atoms with Crippen molar-refractivity contribution < 1.29 is 9.18 Å². The number of rotatable bonds is 7. The molecule has 2 heterocycles. The molecule has 0 aliphatic carbocycles. The standard InChI is InChI=1S/C22H21ClFN7O/c1-2-9-26-19-18-20(30-22(23)29-19)31(12-27-18)11-13-3-5-14(6-4-13)21(32)28-17-8-7-15(24)10-16(17)25/h3-8,10,12H,2,9,11,25H2,1H3,(H,28,32)(H,26,29,30). The second-order valence-electron chi connectivity index (χ2n) is 7.20. The van der Waals surface area contributed by atoms with Crippen molar-refractivity contribution in [2.45, 2.75) is 19.9 Å². The maximum atomic E-state index is 13.2. The van der Waals surface area contributed by atoms with E-state index in [4.69, 9.17) is 17.3 Å². The molecule has 10 heteroatoms. The molecule has 0 aliphatic rings. The molecular weight excluding hydrogens is 433 g/mol. The third-order valence-corrected chi connectivity index (χ3v) is 4.98.